The van der Waals surface area contributed by atoms with Crippen molar-refractivity contribution >= 4 is 11.6 Å². The Labute approximate surface area is 135 Å². The number of carbonyl (C=O) groups excluding carboxylic acids is 1. The lowest BCUT2D eigenvalue weighted by Gasteiger charge is -2.20. The highest BCUT2D eigenvalue weighted by Crippen LogP contribution is 2.47. The Morgan fingerprint density at radius 1 is 1.12 bits per heavy atom. The number of anilines is 1. The minimum atomic E-state index is -4.44. The molecular weight excluding hydrogens is 323 g/mol. The van der Waals surface area contributed by atoms with E-state index in [-0.39, 0.29) is 6.61 Å². The number of fused-ring (bicyclic) bond motifs is 2. The molecule has 1 N–H and O–H groups in total. The van der Waals surface area contributed by atoms with E-state index in [1.807, 2.05) is 0 Å². The van der Waals surface area contributed by atoms with E-state index < -0.39 is 29.5 Å². The number of rotatable bonds is 1. The van der Waals surface area contributed by atoms with Crippen molar-refractivity contribution < 1.29 is 27.4 Å². The monoisotopic (exact) mass is 335 g/mol. The zero-order valence-corrected chi connectivity index (χ0v) is 12.3. The molecule has 0 saturated carbocycles. The lowest BCUT2D eigenvalue weighted by atomic mass is 10.1. The summed E-state index contributed by atoms with van der Waals surface area (Å²) in [7, 11) is 0. The van der Waals surface area contributed by atoms with E-state index in [1.165, 1.54) is 12.1 Å². The Morgan fingerprint density at radius 2 is 1.92 bits per heavy atom. The Balaban J connectivity index is 1.67. The van der Waals surface area contributed by atoms with Crippen LogP contribution in [0.4, 0.5) is 18.9 Å². The van der Waals surface area contributed by atoms with E-state index in [0.29, 0.717) is 16.8 Å². The van der Waals surface area contributed by atoms with Gasteiger partial charge < -0.3 is 14.8 Å². The number of hydrogen-bond acceptors (Lipinski definition) is 3. The molecule has 0 radical (unpaired) electrons. The van der Waals surface area contributed by atoms with Crippen molar-refractivity contribution in [1.29, 1.82) is 0 Å². The van der Waals surface area contributed by atoms with E-state index in [2.05, 4.69) is 5.32 Å². The summed E-state index contributed by atoms with van der Waals surface area (Å²) in [5, 5.41) is 2.67. The molecule has 2 aromatic rings. The van der Waals surface area contributed by atoms with E-state index in [0.717, 1.165) is 12.1 Å². The molecule has 0 bridgehead atoms. The van der Waals surface area contributed by atoms with Gasteiger partial charge in [-0.15, -0.1) is 0 Å². The average molecular weight is 335 g/mol. The Morgan fingerprint density at radius 3 is 2.71 bits per heavy atom. The van der Waals surface area contributed by atoms with Crippen molar-refractivity contribution in [2.45, 2.75) is 18.1 Å². The number of nitrogens with one attached hydrogen (secondary N) is 1. The van der Waals surface area contributed by atoms with Crippen molar-refractivity contribution in [1.82, 2.24) is 0 Å². The largest absolute Gasteiger partial charge is 0.416 e. The summed E-state index contributed by atoms with van der Waals surface area (Å²) >= 11 is 0. The van der Waals surface area contributed by atoms with Gasteiger partial charge in [-0.1, -0.05) is 30.3 Å². The van der Waals surface area contributed by atoms with Crippen LogP contribution < -0.4 is 5.32 Å². The van der Waals surface area contributed by atoms with Gasteiger partial charge in [0, 0.05) is 5.56 Å². The fourth-order valence-corrected chi connectivity index (χ4v) is 3.01. The first-order chi connectivity index (χ1) is 11.4. The molecule has 2 unspecified atom stereocenters. The predicted molar refractivity (Wildman–Crippen MR) is 78.0 cm³/mol. The van der Waals surface area contributed by atoms with Gasteiger partial charge >= 0.3 is 6.18 Å². The second kappa shape index (κ2) is 5.06. The lowest BCUT2D eigenvalue weighted by Crippen LogP contribution is -2.35. The zero-order valence-electron chi connectivity index (χ0n) is 12.3. The fraction of sp³-hybridized carbons (Fsp3) is 0.235. The molecule has 1 saturated heterocycles. The molecule has 4 nitrogen and oxygen atoms in total. The molecule has 1 spiro atoms. The molecule has 1 amide bonds. The van der Waals surface area contributed by atoms with Crippen LogP contribution in [0, 0.1) is 0 Å². The van der Waals surface area contributed by atoms with Gasteiger partial charge in [-0.05, 0) is 23.8 Å². The number of halogens is 3. The standard InChI is InChI=1S/C17H12F3NO3/c18-17(19,20)11-5-3-4-10(8-11)14-9-23-16(24-14)12-6-1-2-7-13(12)21-15(16)22/h1-8,14H,9H2,(H,21,22). The Bertz CT molecular complexity index is 821. The third-order valence-corrected chi connectivity index (χ3v) is 4.16. The SMILES string of the molecule is O=C1Nc2ccccc2C12OCC(c1cccc(C(F)(F)F)c1)O2. The van der Waals surface area contributed by atoms with Crippen molar-refractivity contribution in [3.63, 3.8) is 0 Å². The number of hydrogen-bond donors (Lipinski definition) is 1. The average Bonchev–Trinajstić information content (AvgIpc) is 3.11. The van der Waals surface area contributed by atoms with E-state index in [1.54, 1.807) is 24.3 Å². The minimum Gasteiger partial charge on any atom is -0.335 e. The van der Waals surface area contributed by atoms with E-state index in [4.69, 9.17) is 9.47 Å². The Hall–Kier alpha value is -2.38. The summed E-state index contributed by atoms with van der Waals surface area (Å²) in [4.78, 5) is 12.3. The van der Waals surface area contributed by atoms with Crippen molar-refractivity contribution in [2.75, 3.05) is 11.9 Å². The minimum absolute atomic E-state index is 0.0108. The number of para-hydroxylation sites is 1. The van der Waals surface area contributed by atoms with Crippen LogP contribution in [0.1, 0.15) is 22.8 Å². The van der Waals surface area contributed by atoms with Gasteiger partial charge in [-0.3, -0.25) is 4.79 Å². The molecule has 0 aromatic heterocycles. The van der Waals surface area contributed by atoms with Gasteiger partial charge in [-0.25, -0.2) is 0 Å². The molecule has 2 aliphatic rings. The quantitative estimate of drug-likeness (QED) is 0.866. The number of benzene rings is 2. The molecule has 2 aromatic carbocycles. The number of ether oxygens (including phenoxy) is 2. The van der Waals surface area contributed by atoms with Crippen LogP contribution in [-0.2, 0) is 26.2 Å². The van der Waals surface area contributed by atoms with Crippen LogP contribution >= 0.6 is 0 Å². The smallest absolute Gasteiger partial charge is 0.335 e. The van der Waals surface area contributed by atoms with Gasteiger partial charge in [0.15, 0.2) is 0 Å². The lowest BCUT2D eigenvalue weighted by molar-refractivity contribution is -0.184. The zero-order chi connectivity index (χ0) is 16.9. The molecular formula is C17H12F3NO3. The highest BCUT2D eigenvalue weighted by molar-refractivity contribution is 6.04. The summed E-state index contributed by atoms with van der Waals surface area (Å²) < 4.78 is 50.0. The molecule has 0 aliphatic carbocycles. The third-order valence-electron chi connectivity index (χ3n) is 4.16. The summed E-state index contributed by atoms with van der Waals surface area (Å²) in [5.41, 5.74) is 0.663. The van der Waals surface area contributed by atoms with E-state index >= 15 is 0 Å². The highest BCUT2D eigenvalue weighted by atomic mass is 19.4. The number of alkyl halides is 3. The van der Waals surface area contributed by atoms with Crippen LogP contribution in [0.15, 0.2) is 48.5 Å². The van der Waals surface area contributed by atoms with Crippen molar-refractivity contribution in [3.05, 3.63) is 65.2 Å². The molecule has 124 valence electrons. The van der Waals surface area contributed by atoms with Crippen molar-refractivity contribution in [2.24, 2.45) is 0 Å². The third kappa shape index (κ3) is 2.20. The number of carbonyl (C=O) groups is 1. The molecule has 24 heavy (non-hydrogen) atoms. The van der Waals surface area contributed by atoms with Crippen molar-refractivity contribution in [3.8, 4) is 0 Å². The van der Waals surface area contributed by atoms with Crippen LogP contribution in [0.25, 0.3) is 0 Å². The van der Waals surface area contributed by atoms with Gasteiger partial charge in [-0.2, -0.15) is 13.2 Å². The fourth-order valence-electron chi connectivity index (χ4n) is 3.01. The summed E-state index contributed by atoms with van der Waals surface area (Å²) in [6.07, 6.45) is -5.20. The normalized spacial score (nSPS) is 25.8. The molecule has 1 fully saturated rings. The molecule has 2 atom stereocenters. The maximum absolute atomic E-state index is 12.9. The van der Waals surface area contributed by atoms with E-state index in [9.17, 15) is 18.0 Å². The summed E-state index contributed by atoms with van der Waals surface area (Å²) in [5.74, 6) is -2.08. The Kier molecular flexibility index (Phi) is 3.20. The van der Waals surface area contributed by atoms with Gasteiger partial charge in [0.1, 0.15) is 6.10 Å². The molecule has 4 rings (SSSR count). The highest BCUT2D eigenvalue weighted by Gasteiger charge is 2.55. The first kappa shape index (κ1) is 15.2. The summed E-state index contributed by atoms with van der Waals surface area (Å²) in [6.45, 7) is -0.0108. The molecule has 2 aliphatic heterocycles. The maximum Gasteiger partial charge on any atom is 0.416 e. The topological polar surface area (TPSA) is 47.6 Å². The second-order valence-corrected chi connectivity index (χ2v) is 5.66. The van der Waals surface area contributed by atoms with Crippen LogP contribution in [0.5, 0.6) is 0 Å². The van der Waals surface area contributed by atoms with Gasteiger partial charge in [0.05, 0.1) is 17.9 Å². The van der Waals surface area contributed by atoms with Crippen LogP contribution in [-0.4, -0.2) is 12.5 Å². The second-order valence-electron chi connectivity index (χ2n) is 5.66. The molecule has 2 heterocycles. The first-order valence-corrected chi connectivity index (χ1v) is 7.30. The maximum atomic E-state index is 12.9. The van der Waals surface area contributed by atoms with Crippen LogP contribution in [0.3, 0.4) is 0 Å². The number of amides is 1. The van der Waals surface area contributed by atoms with Gasteiger partial charge in [0.25, 0.3) is 11.7 Å². The van der Waals surface area contributed by atoms with Crippen LogP contribution in [0.2, 0.25) is 0 Å². The van der Waals surface area contributed by atoms with Gasteiger partial charge in [0.2, 0.25) is 0 Å². The summed E-state index contributed by atoms with van der Waals surface area (Å²) in [6, 6.07) is 11.8. The predicted octanol–water partition coefficient (Wildman–Crippen LogP) is 3.60. The molecule has 7 heteroatoms. The first-order valence-electron chi connectivity index (χ1n) is 7.30.